The molecule has 1 saturated heterocycles. The molecule has 1 aromatic rings. The van der Waals surface area contributed by atoms with Gasteiger partial charge >= 0.3 is 0 Å². The Morgan fingerprint density at radius 2 is 1.76 bits per heavy atom. The van der Waals surface area contributed by atoms with Crippen LogP contribution in [0.25, 0.3) is 0 Å². The number of hydrogen-bond donors (Lipinski definition) is 0. The number of nitrogens with zero attached hydrogens (tertiary/aromatic N) is 2. The number of benzene rings is 1. The normalized spacial score (nSPS) is 18.5. The van der Waals surface area contributed by atoms with Crippen LogP contribution in [-0.4, -0.2) is 42.5 Å². The molecule has 1 heterocycles. The monoisotopic (exact) mass is 316 g/mol. The first-order chi connectivity index (χ1) is 8.17. The average molecular weight is 318 g/mol. The molecule has 2 nitrogen and oxygen atoms in total. The first kappa shape index (κ1) is 13.3. The summed E-state index contributed by atoms with van der Waals surface area (Å²) in [4.78, 5) is 4.98. The Kier molecular flexibility index (Phi) is 4.86. The first-order valence-electron chi connectivity index (χ1n) is 6.07. The van der Waals surface area contributed by atoms with E-state index >= 15 is 0 Å². The molecule has 94 valence electrons. The maximum absolute atomic E-state index is 6.06. The molecule has 1 fully saturated rings. The van der Waals surface area contributed by atoms with Gasteiger partial charge in [-0.3, -0.25) is 4.90 Å². The number of rotatable bonds is 3. The molecular formula is C13H18BrClN2. The van der Waals surface area contributed by atoms with Crippen LogP contribution in [0.5, 0.6) is 0 Å². The maximum atomic E-state index is 6.06. The van der Waals surface area contributed by atoms with Crippen LogP contribution in [-0.2, 0) is 6.54 Å². The van der Waals surface area contributed by atoms with Crippen molar-refractivity contribution in [1.82, 2.24) is 9.80 Å². The van der Waals surface area contributed by atoms with Gasteiger partial charge in [-0.2, -0.15) is 0 Å². The summed E-state index contributed by atoms with van der Waals surface area (Å²) in [6, 6.07) is 6.14. The van der Waals surface area contributed by atoms with Crippen molar-refractivity contribution >= 4 is 27.5 Å². The highest BCUT2D eigenvalue weighted by Gasteiger charge is 2.15. The lowest BCUT2D eigenvalue weighted by molar-refractivity contribution is 0.132. The summed E-state index contributed by atoms with van der Waals surface area (Å²) in [5.41, 5.74) is 1.29. The molecule has 0 saturated carbocycles. The molecule has 0 radical (unpaired) electrons. The molecule has 0 atom stereocenters. The van der Waals surface area contributed by atoms with Crippen molar-refractivity contribution in [2.24, 2.45) is 0 Å². The Balaban J connectivity index is 1.93. The Morgan fingerprint density at radius 1 is 1.12 bits per heavy atom. The molecule has 17 heavy (non-hydrogen) atoms. The van der Waals surface area contributed by atoms with Crippen LogP contribution in [0.2, 0.25) is 5.02 Å². The Hall–Kier alpha value is -0.0900. The predicted octanol–water partition coefficient (Wildman–Crippen LogP) is 3.24. The molecule has 0 aliphatic carbocycles. The molecule has 4 heteroatoms. The van der Waals surface area contributed by atoms with E-state index < -0.39 is 0 Å². The van der Waals surface area contributed by atoms with E-state index in [1.807, 2.05) is 6.07 Å². The average Bonchev–Trinajstić information content (AvgIpc) is 2.28. The van der Waals surface area contributed by atoms with Crippen molar-refractivity contribution in [3.05, 3.63) is 33.3 Å². The number of halogens is 2. The maximum Gasteiger partial charge on any atom is 0.0420 e. The Morgan fingerprint density at radius 3 is 2.35 bits per heavy atom. The summed E-state index contributed by atoms with van der Waals surface area (Å²) in [7, 11) is 0. The molecule has 1 aliphatic rings. The second-order valence-electron chi connectivity index (χ2n) is 4.49. The number of piperazine rings is 1. The van der Waals surface area contributed by atoms with Gasteiger partial charge in [0.1, 0.15) is 0 Å². The fraction of sp³-hybridized carbons (Fsp3) is 0.538. The summed E-state index contributed by atoms with van der Waals surface area (Å²) >= 11 is 9.54. The van der Waals surface area contributed by atoms with E-state index in [2.05, 4.69) is 44.8 Å². The van der Waals surface area contributed by atoms with Gasteiger partial charge in [0.25, 0.3) is 0 Å². The van der Waals surface area contributed by atoms with Crippen LogP contribution in [0.3, 0.4) is 0 Å². The van der Waals surface area contributed by atoms with E-state index in [9.17, 15) is 0 Å². The van der Waals surface area contributed by atoms with Crippen molar-refractivity contribution in [2.75, 3.05) is 32.7 Å². The third-order valence-electron chi connectivity index (χ3n) is 3.24. The van der Waals surface area contributed by atoms with E-state index in [0.29, 0.717) is 0 Å². The third-order valence-corrected chi connectivity index (χ3v) is 3.92. The smallest absolute Gasteiger partial charge is 0.0420 e. The minimum atomic E-state index is 0.807. The first-order valence-corrected chi connectivity index (χ1v) is 7.24. The zero-order chi connectivity index (χ0) is 12.3. The molecule has 0 spiro atoms. The minimum absolute atomic E-state index is 0.807. The number of hydrogen-bond acceptors (Lipinski definition) is 2. The molecular weight excluding hydrogens is 300 g/mol. The van der Waals surface area contributed by atoms with Gasteiger partial charge in [-0.1, -0.05) is 34.5 Å². The van der Waals surface area contributed by atoms with Gasteiger partial charge in [-0.25, -0.2) is 0 Å². The molecule has 0 bridgehead atoms. The molecule has 0 N–H and O–H groups in total. The molecule has 0 unspecified atom stereocenters. The fourth-order valence-corrected chi connectivity index (χ4v) is 3.15. The van der Waals surface area contributed by atoms with Gasteiger partial charge in [0.15, 0.2) is 0 Å². The summed E-state index contributed by atoms with van der Waals surface area (Å²) in [6.45, 7) is 9.05. The lowest BCUT2D eigenvalue weighted by Crippen LogP contribution is -2.45. The van der Waals surface area contributed by atoms with Crippen molar-refractivity contribution in [3.8, 4) is 0 Å². The van der Waals surface area contributed by atoms with Gasteiger partial charge in [-0.15, -0.1) is 0 Å². The molecule has 1 aliphatic heterocycles. The largest absolute Gasteiger partial charge is 0.301 e. The van der Waals surface area contributed by atoms with E-state index in [1.54, 1.807) is 0 Å². The Labute approximate surface area is 117 Å². The highest BCUT2D eigenvalue weighted by Crippen LogP contribution is 2.21. The topological polar surface area (TPSA) is 6.48 Å². The molecule has 0 aromatic heterocycles. The molecule has 1 aromatic carbocycles. The van der Waals surface area contributed by atoms with E-state index in [0.717, 1.165) is 35.7 Å². The van der Waals surface area contributed by atoms with Crippen LogP contribution in [0.15, 0.2) is 22.7 Å². The van der Waals surface area contributed by atoms with Crippen molar-refractivity contribution < 1.29 is 0 Å². The summed E-state index contributed by atoms with van der Waals surface area (Å²) < 4.78 is 1.06. The lowest BCUT2D eigenvalue weighted by atomic mass is 10.2. The van der Waals surface area contributed by atoms with Crippen molar-refractivity contribution in [1.29, 1.82) is 0 Å². The summed E-state index contributed by atoms with van der Waals surface area (Å²) in [5.74, 6) is 0. The van der Waals surface area contributed by atoms with Gasteiger partial charge in [0.05, 0.1) is 0 Å². The van der Waals surface area contributed by atoms with Crippen LogP contribution >= 0.6 is 27.5 Å². The van der Waals surface area contributed by atoms with Crippen LogP contribution in [0.1, 0.15) is 12.5 Å². The van der Waals surface area contributed by atoms with E-state index in [-0.39, 0.29) is 0 Å². The van der Waals surface area contributed by atoms with Gasteiger partial charge in [-0.05, 0) is 30.3 Å². The van der Waals surface area contributed by atoms with E-state index in [1.165, 1.54) is 18.7 Å². The minimum Gasteiger partial charge on any atom is -0.301 e. The number of likely N-dealkylation sites (N-methyl/N-ethyl adjacent to an activating group) is 1. The van der Waals surface area contributed by atoms with Crippen LogP contribution in [0, 0.1) is 0 Å². The second kappa shape index (κ2) is 6.19. The molecule has 0 amide bonds. The van der Waals surface area contributed by atoms with Crippen LogP contribution < -0.4 is 0 Å². The second-order valence-corrected chi connectivity index (χ2v) is 5.84. The zero-order valence-corrected chi connectivity index (χ0v) is 12.5. The molecule has 2 rings (SSSR count). The quantitative estimate of drug-likeness (QED) is 0.844. The SMILES string of the molecule is CCN1CCN(Cc2cc(Cl)cc(Br)c2)CC1. The summed E-state index contributed by atoms with van der Waals surface area (Å²) in [5, 5.41) is 0.807. The fourth-order valence-electron chi connectivity index (χ4n) is 2.22. The zero-order valence-electron chi connectivity index (χ0n) is 10.1. The van der Waals surface area contributed by atoms with Crippen molar-refractivity contribution in [2.45, 2.75) is 13.5 Å². The van der Waals surface area contributed by atoms with Gasteiger partial charge in [0.2, 0.25) is 0 Å². The highest BCUT2D eigenvalue weighted by molar-refractivity contribution is 9.10. The third kappa shape index (κ3) is 3.95. The summed E-state index contributed by atoms with van der Waals surface area (Å²) in [6.07, 6.45) is 0. The highest BCUT2D eigenvalue weighted by atomic mass is 79.9. The lowest BCUT2D eigenvalue weighted by Gasteiger charge is -2.34. The predicted molar refractivity (Wildman–Crippen MR) is 76.5 cm³/mol. The van der Waals surface area contributed by atoms with Crippen molar-refractivity contribution in [3.63, 3.8) is 0 Å². The van der Waals surface area contributed by atoms with Gasteiger partial charge < -0.3 is 4.90 Å². The standard InChI is InChI=1S/C13H18BrClN2/c1-2-16-3-5-17(6-4-16)10-11-7-12(14)9-13(15)8-11/h7-9H,2-6,10H2,1H3. The van der Waals surface area contributed by atoms with Crippen LogP contribution in [0.4, 0.5) is 0 Å². The van der Waals surface area contributed by atoms with E-state index in [4.69, 9.17) is 11.6 Å². The Bertz CT molecular complexity index is 355. The van der Waals surface area contributed by atoms with Gasteiger partial charge in [0, 0.05) is 42.2 Å².